The van der Waals surface area contributed by atoms with E-state index >= 15 is 0 Å². The minimum atomic E-state index is -0.118. The number of fused-ring (bicyclic) bond motifs is 1. The molecule has 0 aliphatic rings. The zero-order chi connectivity index (χ0) is 21.8. The third kappa shape index (κ3) is 4.55. The Morgan fingerprint density at radius 1 is 0.719 bits per heavy atom. The summed E-state index contributed by atoms with van der Waals surface area (Å²) in [5, 5.41) is 10.4. The molecule has 32 heavy (non-hydrogen) atoms. The van der Waals surface area contributed by atoms with E-state index in [0.717, 1.165) is 21.5 Å². The minimum absolute atomic E-state index is 0.118. The fraction of sp³-hybridized carbons (Fsp3) is 0. The number of thiophene rings is 1. The van der Waals surface area contributed by atoms with Crippen LogP contribution in [0.2, 0.25) is 0 Å². The molecule has 0 radical (unpaired) electrons. The number of aromatic nitrogens is 3. The van der Waals surface area contributed by atoms with Gasteiger partial charge in [-0.25, -0.2) is 15.0 Å². The Balaban J connectivity index is 1.24. The average Bonchev–Trinajstić information content (AvgIpc) is 3.26. The van der Waals surface area contributed by atoms with Gasteiger partial charge in [-0.15, -0.1) is 11.3 Å². The quantitative estimate of drug-likeness (QED) is 0.309. The van der Waals surface area contributed by atoms with E-state index in [-0.39, 0.29) is 5.91 Å². The molecule has 5 aromatic rings. The van der Waals surface area contributed by atoms with E-state index < -0.39 is 0 Å². The molecular weight excluding hydrogens is 420 g/mol. The summed E-state index contributed by atoms with van der Waals surface area (Å²) >= 11 is 1.48. The maximum atomic E-state index is 12.6. The number of rotatable bonds is 6. The fourth-order valence-electron chi connectivity index (χ4n) is 3.13. The maximum absolute atomic E-state index is 12.6. The molecule has 0 aliphatic carbocycles. The predicted molar refractivity (Wildman–Crippen MR) is 129 cm³/mol. The van der Waals surface area contributed by atoms with Crippen molar-refractivity contribution in [3.05, 3.63) is 96.3 Å². The Kier molecular flexibility index (Phi) is 5.42. The molecule has 8 heteroatoms. The van der Waals surface area contributed by atoms with E-state index in [2.05, 4.69) is 30.9 Å². The van der Waals surface area contributed by atoms with Gasteiger partial charge in [-0.2, -0.15) is 0 Å². The van der Waals surface area contributed by atoms with Crippen molar-refractivity contribution in [2.75, 3.05) is 16.0 Å². The van der Waals surface area contributed by atoms with Crippen LogP contribution in [-0.4, -0.2) is 20.9 Å². The molecule has 3 aromatic heterocycles. The van der Waals surface area contributed by atoms with Crippen LogP contribution < -0.4 is 16.0 Å². The minimum Gasteiger partial charge on any atom is -0.340 e. The Morgan fingerprint density at radius 3 is 2.25 bits per heavy atom. The van der Waals surface area contributed by atoms with Gasteiger partial charge in [0.05, 0.1) is 4.88 Å². The molecule has 7 nitrogen and oxygen atoms in total. The highest BCUT2D eigenvalue weighted by Crippen LogP contribution is 2.26. The van der Waals surface area contributed by atoms with Gasteiger partial charge < -0.3 is 16.0 Å². The zero-order valence-electron chi connectivity index (χ0n) is 16.8. The molecular formula is C24H18N6OS. The number of hydrogen-bond donors (Lipinski definition) is 3. The van der Waals surface area contributed by atoms with Crippen molar-refractivity contribution in [2.24, 2.45) is 0 Å². The number of anilines is 5. The molecule has 0 saturated carbocycles. The van der Waals surface area contributed by atoms with Gasteiger partial charge in [0.15, 0.2) is 0 Å². The van der Waals surface area contributed by atoms with E-state index in [1.807, 2.05) is 72.8 Å². The van der Waals surface area contributed by atoms with Gasteiger partial charge in [-0.05, 0) is 53.9 Å². The van der Waals surface area contributed by atoms with Gasteiger partial charge in [-0.1, -0.05) is 24.3 Å². The molecule has 156 valence electrons. The van der Waals surface area contributed by atoms with Crippen LogP contribution in [0, 0.1) is 0 Å². The van der Waals surface area contributed by atoms with Crippen molar-refractivity contribution in [2.45, 2.75) is 0 Å². The van der Waals surface area contributed by atoms with Crippen LogP contribution >= 0.6 is 11.3 Å². The zero-order valence-corrected chi connectivity index (χ0v) is 17.6. The number of nitrogens with zero attached hydrogens (tertiary/aromatic N) is 3. The molecule has 0 saturated heterocycles. The number of hydrogen-bond acceptors (Lipinski definition) is 7. The van der Waals surface area contributed by atoms with Crippen LogP contribution in [0.4, 0.5) is 28.8 Å². The first-order valence-corrected chi connectivity index (χ1v) is 10.7. The molecule has 1 amide bonds. The molecule has 3 N–H and O–H groups in total. The summed E-state index contributed by atoms with van der Waals surface area (Å²) in [6, 6.07) is 24.8. The molecule has 0 atom stereocenters. The standard InChI is InChI=1S/C24H18N6OS/c31-24(20-13-16-5-1-2-6-19(16)32-20)29-18-10-8-17(9-11-18)28-22-14-23(27-15-26-22)30-21-7-3-4-12-25-21/h1-15H,(H,29,31)(H2,25,26,27,28,30). The van der Waals surface area contributed by atoms with Crippen LogP contribution in [0.5, 0.6) is 0 Å². The monoisotopic (exact) mass is 438 g/mol. The van der Waals surface area contributed by atoms with Gasteiger partial charge in [0.25, 0.3) is 5.91 Å². The molecule has 0 aliphatic heterocycles. The van der Waals surface area contributed by atoms with E-state index in [0.29, 0.717) is 22.3 Å². The van der Waals surface area contributed by atoms with Gasteiger partial charge in [0.1, 0.15) is 23.8 Å². The Labute approximate surface area is 188 Å². The summed E-state index contributed by atoms with van der Waals surface area (Å²) in [4.78, 5) is 26.0. The van der Waals surface area contributed by atoms with Crippen molar-refractivity contribution < 1.29 is 4.79 Å². The number of amides is 1. The Morgan fingerprint density at radius 2 is 1.47 bits per heavy atom. The molecule has 0 spiro atoms. The molecule has 2 aromatic carbocycles. The second-order valence-corrected chi connectivity index (χ2v) is 8.02. The summed E-state index contributed by atoms with van der Waals surface area (Å²) in [5.74, 6) is 1.86. The summed E-state index contributed by atoms with van der Waals surface area (Å²) in [5.41, 5.74) is 1.56. The van der Waals surface area contributed by atoms with Crippen molar-refractivity contribution in [1.29, 1.82) is 0 Å². The lowest BCUT2D eigenvalue weighted by Crippen LogP contribution is -2.09. The summed E-state index contributed by atoms with van der Waals surface area (Å²) in [6.45, 7) is 0. The molecule has 5 rings (SSSR count). The normalized spacial score (nSPS) is 10.6. The SMILES string of the molecule is O=C(Nc1ccc(Nc2cc(Nc3ccccn3)ncn2)cc1)c1cc2ccccc2s1. The smallest absolute Gasteiger partial charge is 0.265 e. The average molecular weight is 439 g/mol. The Bertz CT molecular complexity index is 1340. The van der Waals surface area contributed by atoms with Crippen LogP contribution in [0.3, 0.4) is 0 Å². The van der Waals surface area contributed by atoms with Gasteiger partial charge >= 0.3 is 0 Å². The number of carbonyl (C=O) groups is 1. The number of nitrogens with one attached hydrogen (secondary N) is 3. The van der Waals surface area contributed by atoms with Crippen LogP contribution in [0.1, 0.15) is 9.67 Å². The maximum Gasteiger partial charge on any atom is 0.265 e. The molecule has 0 bridgehead atoms. The third-order valence-corrected chi connectivity index (χ3v) is 5.77. The second kappa shape index (κ2) is 8.83. The first-order chi connectivity index (χ1) is 15.7. The van der Waals surface area contributed by atoms with E-state index in [4.69, 9.17) is 0 Å². The molecule has 0 unspecified atom stereocenters. The van der Waals surface area contributed by atoms with Crippen molar-refractivity contribution in [3.8, 4) is 0 Å². The summed E-state index contributed by atoms with van der Waals surface area (Å²) in [6.07, 6.45) is 3.19. The highest BCUT2D eigenvalue weighted by Gasteiger charge is 2.10. The van der Waals surface area contributed by atoms with Gasteiger partial charge in [0, 0.05) is 28.3 Å². The van der Waals surface area contributed by atoms with Crippen molar-refractivity contribution in [3.63, 3.8) is 0 Å². The topological polar surface area (TPSA) is 91.8 Å². The lowest BCUT2D eigenvalue weighted by atomic mass is 10.2. The number of pyridine rings is 1. The van der Waals surface area contributed by atoms with E-state index in [1.165, 1.54) is 17.7 Å². The Hall–Kier alpha value is -4.30. The molecule has 0 fully saturated rings. The van der Waals surface area contributed by atoms with Crippen molar-refractivity contribution >= 4 is 56.2 Å². The predicted octanol–water partition coefficient (Wildman–Crippen LogP) is 5.83. The second-order valence-electron chi connectivity index (χ2n) is 6.93. The van der Waals surface area contributed by atoms with Crippen LogP contribution in [0.25, 0.3) is 10.1 Å². The highest BCUT2D eigenvalue weighted by molar-refractivity contribution is 7.20. The number of benzene rings is 2. The fourth-order valence-corrected chi connectivity index (χ4v) is 4.09. The van der Waals surface area contributed by atoms with Crippen molar-refractivity contribution in [1.82, 2.24) is 15.0 Å². The lowest BCUT2D eigenvalue weighted by molar-refractivity contribution is 0.103. The third-order valence-electron chi connectivity index (χ3n) is 4.65. The van der Waals surface area contributed by atoms with E-state index in [9.17, 15) is 4.79 Å². The summed E-state index contributed by atoms with van der Waals surface area (Å²) < 4.78 is 1.10. The number of carbonyl (C=O) groups excluding carboxylic acids is 1. The first kappa shape index (κ1) is 19.7. The summed E-state index contributed by atoms with van der Waals surface area (Å²) in [7, 11) is 0. The molecule has 3 heterocycles. The largest absolute Gasteiger partial charge is 0.340 e. The highest BCUT2D eigenvalue weighted by atomic mass is 32.1. The van der Waals surface area contributed by atoms with E-state index in [1.54, 1.807) is 12.3 Å². The van der Waals surface area contributed by atoms with Crippen LogP contribution in [-0.2, 0) is 0 Å². The first-order valence-electron chi connectivity index (χ1n) is 9.90. The van der Waals surface area contributed by atoms with Crippen LogP contribution in [0.15, 0.2) is 91.4 Å². The van der Waals surface area contributed by atoms with Gasteiger partial charge in [0.2, 0.25) is 0 Å². The van der Waals surface area contributed by atoms with Gasteiger partial charge in [-0.3, -0.25) is 4.79 Å². The lowest BCUT2D eigenvalue weighted by Gasteiger charge is -2.09.